The molecule has 0 saturated heterocycles. The Morgan fingerprint density at radius 3 is 3.11 bits per heavy atom. The number of carbonyl (C=O) groups is 1. The van der Waals surface area contributed by atoms with Gasteiger partial charge in [-0.2, -0.15) is 0 Å². The van der Waals surface area contributed by atoms with Gasteiger partial charge >= 0.3 is 6.03 Å². The zero-order valence-corrected chi connectivity index (χ0v) is 11.7. The Morgan fingerprint density at radius 2 is 2.33 bits per heavy atom. The minimum absolute atomic E-state index is 0.0895. The van der Waals surface area contributed by atoms with E-state index >= 15 is 0 Å². The Bertz CT molecular complexity index is 437. The fraction of sp³-hybridized carbons (Fsp3) is 0.462. The van der Waals surface area contributed by atoms with Gasteiger partial charge in [-0.1, -0.05) is 28.1 Å². The Labute approximate surface area is 115 Å². The Balaban J connectivity index is 1.93. The molecule has 2 amide bonds. The first-order valence-corrected chi connectivity index (χ1v) is 6.94. The number of rotatable bonds is 4. The molecule has 1 aromatic rings. The predicted octanol–water partition coefficient (Wildman–Crippen LogP) is 2.12. The van der Waals surface area contributed by atoms with Crippen LogP contribution in [0.1, 0.15) is 30.0 Å². The highest BCUT2D eigenvalue weighted by Crippen LogP contribution is 2.35. The average Bonchev–Trinajstić information content (AvgIpc) is 2.74. The largest absolute Gasteiger partial charge is 0.396 e. The van der Waals surface area contributed by atoms with Crippen molar-refractivity contribution < 1.29 is 9.90 Å². The summed E-state index contributed by atoms with van der Waals surface area (Å²) in [5, 5.41) is 14.3. The zero-order chi connectivity index (χ0) is 13.0. The van der Waals surface area contributed by atoms with Gasteiger partial charge in [0.15, 0.2) is 0 Å². The molecule has 5 heteroatoms. The maximum atomic E-state index is 11.7. The molecule has 1 atom stereocenters. The summed E-state index contributed by atoms with van der Waals surface area (Å²) in [5.41, 5.74) is 2.49. The van der Waals surface area contributed by atoms with E-state index in [0.29, 0.717) is 13.0 Å². The molecule has 0 aromatic heterocycles. The summed E-state index contributed by atoms with van der Waals surface area (Å²) in [6.07, 6.45) is 2.50. The van der Waals surface area contributed by atoms with Crippen LogP contribution >= 0.6 is 15.9 Å². The fourth-order valence-electron chi connectivity index (χ4n) is 2.25. The number of aliphatic hydroxyl groups excluding tert-OH is 1. The molecule has 18 heavy (non-hydrogen) atoms. The molecule has 0 bridgehead atoms. The highest BCUT2D eigenvalue weighted by atomic mass is 79.9. The molecule has 4 nitrogen and oxygen atoms in total. The van der Waals surface area contributed by atoms with Gasteiger partial charge in [0, 0.05) is 17.6 Å². The number of halogens is 1. The predicted molar refractivity (Wildman–Crippen MR) is 73.4 cm³/mol. The summed E-state index contributed by atoms with van der Waals surface area (Å²) >= 11 is 3.54. The molecule has 2 rings (SSSR count). The number of hydrogen-bond donors (Lipinski definition) is 3. The molecule has 0 radical (unpaired) electrons. The lowest BCUT2D eigenvalue weighted by molar-refractivity contribution is 0.234. The molecule has 3 N–H and O–H groups in total. The molecule has 0 heterocycles. The summed E-state index contributed by atoms with van der Waals surface area (Å²) in [4.78, 5) is 11.7. The van der Waals surface area contributed by atoms with Gasteiger partial charge in [0.1, 0.15) is 0 Å². The molecule has 0 aliphatic heterocycles. The third-order valence-electron chi connectivity index (χ3n) is 3.14. The van der Waals surface area contributed by atoms with Crippen molar-refractivity contribution in [2.24, 2.45) is 0 Å². The third-order valence-corrected chi connectivity index (χ3v) is 3.88. The van der Waals surface area contributed by atoms with E-state index in [9.17, 15) is 4.79 Å². The summed E-state index contributed by atoms with van der Waals surface area (Å²) < 4.78 is 1.12. The molecule has 1 unspecified atom stereocenters. The van der Waals surface area contributed by atoms with Gasteiger partial charge in [0.25, 0.3) is 0 Å². The van der Waals surface area contributed by atoms with Crippen molar-refractivity contribution in [3.8, 4) is 0 Å². The van der Waals surface area contributed by atoms with Crippen LogP contribution in [0, 0.1) is 0 Å². The monoisotopic (exact) mass is 312 g/mol. The van der Waals surface area contributed by atoms with Gasteiger partial charge in [-0.15, -0.1) is 0 Å². The summed E-state index contributed by atoms with van der Waals surface area (Å²) in [5.74, 6) is 0. The molecule has 1 aliphatic rings. The topological polar surface area (TPSA) is 61.4 Å². The van der Waals surface area contributed by atoms with Crippen molar-refractivity contribution in [2.75, 3.05) is 13.2 Å². The first-order valence-electron chi connectivity index (χ1n) is 6.15. The first-order chi connectivity index (χ1) is 8.72. The molecular formula is C13H17BrN2O2. The number of urea groups is 1. The third kappa shape index (κ3) is 3.03. The lowest BCUT2D eigenvalue weighted by Crippen LogP contribution is -2.38. The number of carbonyl (C=O) groups excluding carboxylic acids is 1. The van der Waals surface area contributed by atoms with E-state index in [1.54, 1.807) is 0 Å². The lowest BCUT2D eigenvalue weighted by Gasteiger charge is -2.15. The quantitative estimate of drug-likeness (QED) is 0.746. The number of nitrogens with one attached hydrogen (secondary N) is 2. The van der Waals surface area contributed by atoms with E-state index in [2.05, 4.69) is 32.6 Å². The summed E-state index contributed by atoms with van der Waals surface area (Å²) in [7, 11) is 0. The fourth-order valence-corrected chi connectivity index (χ4v) is 2.83. The molecule has 98 valence electrons. The average molecular weight is 313 g/mol. The van der Waals surface area contributed by atoms with Crippen molar-refractivity contribution in [2.45, 2.75) is 25.3 Å². The van der Waals surface area contributed by atoms with Crippen LogP contribution in [0.3, 0.4) is 0 Å². The number of fused-ring (bicyclic) bond motifs is 1. The van der Waals surface area contributed by atoms with Crippen molar-refractivity contribution in [1.82, 2.24) is 10.6 Å². The van der Waals surface area contributed by atoms with E-state index in [1.807, 2.05) is 12.1 Å². The second kappa shape index (κ2) is 6.20. The smallest absolute Gasteiger partial charge is 0.315 e. The van der Waals surface area contributed by atoms with E-state index in [0.717, 1.165) is 17.3 Å². The molecule has 1 aliphatic carbocycles. The lowest BCUT2D eigenvalue weighted by atomic mass is 10.1. The molecule has 1 aromatic carbocycles. The number of benzene rings is 1. The van der Waals surface area contributed by atoms with Crippen LogP contribution in [-0.4, -0.2) is 24.3 Å². The van der Waals surface area contributed by atoms with Crippen LogP contribution in [0.2, 0.25) is 0 Å². The van der Waals surface area contributed by atoms with Gasteiger partial charge in [-0.05, 0) is 36.5 Å². The van der Waals surface area contributed by atoms with Gasteiger partial charge in [-0.25, -0.2) is 4.79 Å². The minimum atomic E-state index is -0.165. The summed E-state index contributed by atoms with van der Waals surface area (Å²) in [6, 6.07) is 6.01. The van der Waals surface area contributed by atoms with Gasteiger partial charge in [0.05, 0.1) is 6.04 Å². The van der Waals surface area contributed by atoms with Crippen LogP contribution in [-0.2, 0) is 6.42 Å². The Morgan fingerprint density at radius 1 is 1.50 bits per heavy atom. The normalized spacial score (nSPS) is 17.3. The molecule has 0 saturated carbocycles. The van der Waals surface area contributed by atoms with Crippen LogP contribution in [0.25, 0.3) is 0 Å². The minimum Gasteiger partial charge on any atom is -0.396 e. The van der Waals surface area contributed by atoms with Crippen molar-refractivity contribution in [3.05, 3.63) is 33.8 Å². The van der Waals surface area contributed by atoms with E-state index in [4.69, 9.17) is 5.11 Å². The van der Waals surface area contributed by atoms with Crippen molar-refractivity contribution >= 4 is 22.0 Å². The van der Waals surface area contributed by atoms with E-state index < -0.39 is 0 Å². The van der Waals surface area contributed by atoms with Gasteiger partial charge in [-0.3, -0.25) is 0 Å². The van der Waals surface area contributed by atoms with Crippen molar-refractivity contribution in [1.29, 1.82) is 0 Å². The highest BCUT2D eigenvalue weighted by molar-refractivity contribution is 9.10. The van der Waals surface area contributed by atoms with Gasteiger partial charge < -0.3 is 15.7 Å². The molecular weight excluding hydrogens is 296 g/mol. The van der Waals surface area contributed by atoms with Crippen LogP contribution in [0.4, 0.5) is 4.79 Å². The number of hydrogen-bond acceptors (Lipinski definition) is 2. The standard InChI is InChI=1S/C13H17BrN2O2/c14-11-4-1-3-10-9(11)5-6-12(10)16-13(18)15-7-2-8-17/h1,3-4,12,17H,2,5-8H2,(H2,15,16,18). The summed E-state index contributed by atoms with van der Waals surface area (Å²) in [6.45, 7) is 0.597. The molecule has 0 fully saturated rings. The maximum Gasteiger partial charge on any atom is 0.315 e. The van der Waals surface area contributed by atoms with Crippen LogP contribution in [0.5, 0.6) is 0 Å². The van der Waals surface area contributed by atoms with Crippen LogP contribution in [0.15, 0.2) is 22.7 Å². The zero-order valence-electron chi connectivity index (χ0n) is 10.1. The number of amides is 2. The van der Waals surface area contributed by atoms with Gasteiger partial charge in [0.2, 0.25) is 0 Å². The highest BCUT2D eigenvalue weighted by Gasteiger charge is 2.24. The van der Waals surface area contributed by atoms with E-state index in [-0.39, 0.29) is 18.7 Å². The second-order valence-corrected chi connectivity index (χ2v) is 5.23. The SMILES string of the molecule is O=C(NCCCO)NC1CCc2c(Br)cccc21. The number of aliphatic hydroxyl groups is 1. The second-order valence-electron chi connectivity index (χ2n) is 4.38. The maximum absolute atomic E-state index is 11.7. The van der Waals surface area contributed by atoms with E-state index in [1.165, 1.54) is 11.1 Å². The van der Waals surface area contributed by atoms with Crippen molar-refractivity contribution in [3.63, 3.8) is 0 Å². The Hall–Kier alpha value is -1.07. The molecule has 0 spiro atoms. The first kappa shape index (κ1) is 13.4. The van der Waals surface area contributed by atoms with Crippen LogP contribution < -0.4 is 10.6 Å². The Kier molecular flexibility index (Phi) is 4.60.